The standard InChI is InChI=1S/C22H19ClFN3O3/c1-2-21(30)27-9-14(10-27)25-20(29)12-26-11-16(15-8-13(23)6-7-18(15)26)22-17(24)4-3-5-19(22)28/h2-8,11,14,28H,1,9-10,12H2,(H,25,29). The lowest BCUT2D eigenvalue weighted by atomic mass is 10.0. The Morgan fingerprint density at radius 2 is 2.07 bits per heavy atom. The highest BCUT2D eigenvalue weighted by atomic mass is 35.5. The van der Waals surface area contributed by atoms with Crippen LogP contribution in [0.1, 0.15) is 0 Å². The Morgan fingerprint density at radius 3 is 2.77 bits per heavy atom. The molecular formula is C22H19ClFN3O3. The molecule has 3 aromatic rings. The number of nitrogens with one attached hydrogen (secondary N) is 1. The molecule has 2 N–H and O–H groups in total. The van der Waals surface area contributed by atoms with Crippen molar-refractivity contribution < 1.29 is 19.1 Å². The van der Waals surface area contributed by atoms with Gasteiger partial charge in [-0.3, -0.25) is 9.59 Å². The van der Waals surface area contributed by atoms with Gasteiger partial charge in [0.25, 0.3) is 0 Å². The Labute approximate surface area is 177 Å². The number of aromatic nitrogens is 1. The van der Waals surface area contributed by atoms with Gasteiger partial charge in [-0.25, -0.2) is 4.39 Å². The predicted octanol–water partition coefficient (Wildman–Crippen LogP) is 3.32. The van der Waals surface area contributed by atoms with E-state index in [4.69, 9.17) is 11.6 Å². The maximum absolute atomic E-state index is 14.5. The highest BCUT2D eigenvalue weighted by molar-refractivity contribution is 6.31. The summed E-state index contributed by atoms with van der Waals surface area (Å²) >= 11 is 6.14. The van der Waals surface area contributed by atoms with E-state index in [-0.39, 0.29) is 35.7 Å². The summed E-state index contributed by atoms with van der Waals surface area (Å²) in [4.78, 5) is 25.6. The summed E-state index contributed by atoms with van der Waals surface area (Å²) in [6.07, 6.45) is 2.88. The van der Waals surface area contributed by atoms with Crippen molar-refractivity contribution in [2.75, 3.05) is 13.1 Å². The number of hydrogen-bond donors (Lipinski definition) is 2. The molecule has 0 saturated carbocycles. The quantitative estimate of drug-likeness (QED) is 0.613. The molecule has 0 atom stereocenters. The van der Waals surface area contributed by atoms with Gasteiger partial charge in [-0.1, -0.05) is 24.2 Å². The molecular weight excluding hydrogens is 409 g/mol. The Bertz CT molecular complexity index is 1150. The molecule has 1 aliphatic rings. The normalized spacial score (nSPS) is 13.9. The lowest BCUT2D eigenvalue weighted by molar-refractivity contribution is -0.133. The average Bonchev–Trinajstić information content (AvgIpc) is 3.00. The number of halogens is 2. The van der Waals surface area contributed by atoms with Gasteiger partial charge in [0.2, 0.25) is 11.8 Å². The van der Waals surface area contributed by atoms with Crippen LogP contribution in [0.3, 0.4) is 0 Å². The topological polar surface area (TPSA) is 74.6 Å². The van der Waals surface area contributed by atoms with E-state index in [0.29, 0.717) is 34.6 Å². The Hall–Kier alpha value is -3.32. The number of hydrogen-bond acceptors (Lipinski definition) is 3. The number of carbonyl (C=O) groups is 2. The molecule has 2 amide bonds. The second-order valence-electron chi connectivity index (χ2n) is 7.18. The third-order valence-corrected chi connectivity index (χ3v) is 5.39. The number of phenolic OH excluding ortho intramolecular Hbond substituents is 1. The molecule has 6 nitrogen and oxygen atoms in total. The van der Waals surface area contributed by atoms with Crippen molar-refractivity contribution in [1.82, 2.24) is 14.8 Å². The molecule has 2 heterocycles. The van der Waals surface area contributed by atoms with Crippen LogP contribution in [0, 0.1) is 5.82 Å². The molecule has 1 saturated heterocycles. The summed E-state index contributed by atoms with van der Waals surface area (Å²) < 4.78 is 16.2. The van der Waals surface area contributed by atoms with Gasteiger partial charge in [-0.05, 0) is 36.4 Å². The second-order valence-corrected chi connectivity index (χ2v) is 7.61. The van der Waals surface area contributed by atoms with Gasteiger partial charge in [0, 0.05) is 40.8 Å². The Kier molecular flexibility index (Phi) is 5.22. The number of phenols is 1. The Balaban J connectivity index is 1.60. The minimum absolute atomic E-state index is 0.000742. The lowest BCUT2D eigenvalue weighted by Gasteiger charge is -2.38. The first kappa shape index (κ1) is 20.0. The van der Waals surface area contributed by atoms with Gasteiger partial charge in [0.05, 0.1) is 11.6 Å². The van der Waals surface area contributed by atoms with Crippen LogP contribution in [0.4, 0.5) is 4.39 Å². The number of amides is 2. The first-order chi connectivity index (χ1) is 14.4. The molecule has 8 heteroatoms. The predicted molar refractivity (Wildman–Crippen MR) is 113 cm³/mol. The molecule has 0 aliphatic carbocycles. The average molecular weight is 428 g/mol. The molecule has 0 spiro atoms. The maximum atomic E-state index is 14.5. The SMILES string of the molecule is C=CC(=O)N1CC(NC(=O)Cn2cc(-c3c(O)cccc3F)c3cc(Cl)ccc32)C1. The summed E-state index contributed by atoms with van der Waals surface area (Å²) in [6.45, 7) is 4.32. The zero-order chi connectivity index (χ0) is 21.4. The first-order valence-corrected chi connectivity index (χ1v) is 9.72. The molecule has 0 unspecified atom stereocenters. The highest BCUT2D eigenvalue weighted by Gasteiger charge is 2.30. The monoisotopic (exact) mass is 427 g/mol. The minimum Gasteiger partial charge on any atom is -0.507 e. The number of carbonyl (C=O) groups excluding carboxylic acids is 2. The number of benzene rings is 2. The van der Waals surface area contributed by atoms with Crippen LogP contribution in [-0.2, 0) is 16.1 Å². The lowest BCUT2D eigenvalue weighted by Crippen LogP contribution is -2.61. The first-order valence-electron chi connectivity index (χ1n) is 9.34. The van der Waals surface area contributed by atoms with E-state index in [2.05, 4.69) is 11.9 Å². The molecule has 1 aliphatic heterocycles. The zero-order valence-electron chi connectivity index (χ0n) is 15.9. The molecule has 2 aromatic carbocycles. The van der Waals surface area contributed by atoms with E-state index in [1.807, 2.05) is 0 Å². The summed E-state index contributed by atoms with van der Waals surface area (Å²) in [7, 11) is 0. The summed E-state index contributed by atoms with van der Waals surface area (Å²) in [5.41, 5.74) is 1.19. The molecule has 30 heavy (non-hydrogen) atoms. The van der Waals surface area contributed by atoms with Crippen LogP contribution >= 0.6 is 11.6 Å². The smallest absolute Gasteiger partial charge is 0.246 e. The maximum Gasteiger partial charge on any atom is 0.246 e. The Morgan fingerprint density at radius 1 is 1.30 bits per heavy atom. The van der Waals surface area contributed by atoms with E-state index in [0.717, 1.165) is 0 Å². The van der Waals surface area contributed by atoms with Crippen molar-refractivity contribution in [3.8, 4) is 16.9 Å². The molecule has 154 valence electrons. The van der Waals surface area contributed by atoms with E-state index >= 15 is 0 Å². The van der Waals surface area contributed by atoms with Crippen LogP contribution in [0.25, 0.3) is 22.0 Å². The van der Waals surface area contributed by atoms with Crippen molar-refractivity contribution in [3.63, 3.8) is 0 Å². The van der Waals surface area contributed by atoms with Crippen LogP contribution in [0.2, 0.25) is 5.02 Å². The van der Waals surface area contributed by atoms with Crippen molar-refractivity contribution in [1.29, 1.82) is 0 Å². The van der Waals surface area contributed by atoms with Crippen LogP contribution in [0.5, 0.6) is 5.75 Å². The van der Waals surface area contributed by atoms with E-state index in [1.165, 1.54) is 24.3 Å². The highest BCUT2D eigenvalue weighted by Crippen LogP contribution is 2.38. The number of aromatic hydroxyl groups is 1. The fraction of sp³-hybridized carbons (Fsp3) is 0.182. The van der Waals surface area contributed by atoms with Gasteiger partial charge in [-0.15, -0.1) is 0 Å². The minimum atomic E-state index is -0.570. The molecule has 0 radical (unpaired) electrons. The molecule has 1 aromatic heterocycles. The second kappa shape index (κ2) is 7.84. The number of likely N-dealkylation sites (tertiary alicyclic amines) is 1. The van der Waals surface area contributed by atoms with Crippen LogP contribution in [-0.4, -0.2) is 45.5 Å². The summed E-state index contributed by atoms with van der Waals surface area (Å²) in [6, 6.07) is 9.10. The fourth-order valence-corrected chi connectivity index (χ4v) is 3.86. The summed E-state index contributed by atoms with van der Waals surface area (Å²) in [5.74, 6) is -1.16. The van der Waals surface area contributed by atoms with Crippen molar-refractivity contribution in [3.05, 3.63) is 66.1 Å². The molecule has 0 bridgehead atoms. The van der Waals surface area contributed by atoms with Crippen LogP contribution in [0.15, 0.2) is 55.3 Å². The van der Waals surface area contributed by atoms with Crippen molar-refractivity contribution >= 4 is 34.3 Å². The largest absolute Gasteiger partial charge is 0.507 e. The van der Waals surface area contributed by atoms with Gasteiger partial charge in [0.15, 0.2) is 0 Å². The zero-order valence-corrected chi connectivity index (χ0v) is 16.7. The van der Waals surface area contributed by atoms with Gasteiger partial charge in [0.1, 0.15) is 18.1 Å². The number of rotatable bonds is 5. The van der Waals surface area contributed by atoms with Crippen LogP contribution < -0.4 is 5.32 Å². The number of nitrogens with zero attached hydrogens (tertiary/aromatic N) is 2. The number of fused-ring (bicyclic) bond motifs is 1. The van der Waals surface area contributed by atoms with E-state index in [1.54, 1.807) is 33.9 Å². The van der Waals surface area contributed by atoms with Gasteiger partial charge >= 0.3 is 0 Å². The van der Waals surface area contributed by atoms with Crippen molar-refractivity contribution in [2.45, 2.75) is 12.6 Å². The third-order valence-electron chi connectivity index (χ3n) is 5.15. The van der Waals surface area contributed by atoms with E-state index < -0.39 is 5.82 Å². The van der Waals surface area contributed by atoms with Crippen molar-refractivity contribution in [2.24, 2.45) is 0 Å². The third kappa shape index (κ3) is 3.64. The summed E-state index contributed by atoms with van der Waals surface area (Å²) in [5, 5.41) is 14.2. The van der Waals surface area contributed by atoms with Gasteiger partial charge in [-0.2, -0.15) is 0 Å². The van der Waals surface area contributed by atoms with Gasteiger partial charge < -0.3 is 19.9 Å². The fourth-order valence-electron chi connectivity index (χ4n) is 3.69. The van der Waals surface area contributed by atoms with E-state index in [9.17, 15) is 19.1 Å². The molecule has 4 rings (SSSR count). The molecule has 1 fully saturated rings.